The number of aliphatic hydroxyl groups excluding tert-OH is 1. The lowest BCUT2D eigenvalue weighted by molar-refractivity contribution is -0.120. The number of hydrogen-bond acceptors (Lipinski definition) is 4. The van der Waals surface area contributed by atoms with Gasteiger partial charge in [-0.1, -0.05) is 25.4 Å². The molecule has 6 nitrogen and oxygen atoms in total. The van der Waals surface area contributed by atoms with Crippen molar-refractivity contribution in [1.82, 2.24) is 4.90 Å². The number of rotatable bonds is 4. The van der Waals surface area contributed by atoms with E-state index in [0.717, 1.165) is 0 Å². The van der Waals surface area contributed by atoms with Gasteiger partial charge >= 0.3 is 6.09 Å². The normalized spacial score (nSPS) is 20.7. The van der Waals surface area contributed by atoms with Crippen LogP contribution in [0.2, 0.25) is 5.02 Å². The average Bonchev–Trinajstić information content (AvgIpc) is 2.89. The summed E-state index contributed by atoms with van der Waals surface area (Å²) >= 11 is 5.80. The summed E-state index contributed by atoms with van der Waals surface area (Å²) < 4.78 is 5.16. The minimum Gasteiger partial charge on any atom is -0.449 e. The van der Waals surface area contributed by atoms with Crippen LogP contribution in [0.1, 0.15) is 20.3 Å². The molecule has 2 N–H and O–H groups in total. The van der Waals surface area contributed by atoms with Crippen molar-refractivity contribution < 1.29 is 19.4 Å². The Labute approximate surface area is 140 Å². The molecule has 0 aromatic heterocycles. The number of amides is 2. The Kier molecular flexibility index (Phi) is 5.85. The zero-order valence-electron chi connectivity index (χ0n) is 13.2. The molecule has 1 aliphatic heterocycles. The number of aliphatic hydroxyl groups is 1. The topological polar surface area (TPSA) is 78.9 Å². The van der Waals surface area contributed by atoms with Crippen LogP contribution in [0.3, 0.4) is 0 Å². The second-order valence-corrected chi connectivity index (χ2v) is 6.46. The fourth-order valence-corrected chi connectivity index (χ4v) is 2.47. The van der Waals surface area contributed by atoms with E-state index in [1.807, 2.05) is 13.8 Å². The molecule has 0 saturated carbocycles. The van der Waals surface area contributed by atoms with Crippen LogP contribution in [-0.4, -0.2) is 47.3 Å². The highest BCUT2D eigenvalue weighted by atomic mass is 35.5. The maximum Gasteiger partial charge on any atom is 0.410 e. The van der Waals surface area contributed by atoms with Gasteiger partial charge in [0.1, 0.15) is 6.04 Å². The Morgan fingerprint density at radius 2 is 2.04 bits per heavy atom. The number of benzene rings is 1. The summed E-state index contributed by atoms with van der Waals surface area (Å²) in [6, 6.07) is 5.92. The first kappa shape index (κ1) is 17.6. The molecular weight excluding hydrogens is 320 g/mol. The molecule has 1 aromatic rings. The molecule has 0 radical (unpaired) electrons. The SMILES string of the molecule is CC(C)COC(=O)N1C[C@H](O)C[C@@H]1C(=O)Nc1ccc(Cl)cc1. The molecule has 1 aromatic carbocycles. The number of nitrogens with zero attached hydrogens (tertiary/aromatic N) is 1. The van der Waals surface area contributed by atoms with Gasteiger partial charge in [-0.2, -0.15) is 0 Å². The third kappa shape index (κ3) is 4.84. The van der Waals surface area contributed by atoms with Crippen LogP contribution in [0.5, 0.6) is 0 Å². The summed E-state index contributed by atoms with van der Waals surface area (Å²) in [6.45, 7) is 4.22. The number of hydrogen-bond donors (Lipinski definition) is 2. The molecule has 2 rings (SSSR count). The highest BCUT2D eigenvalue weighted by molar-refractivity contribution is 6.30. The monoisotopic (exact) mass is 340 g/mol. The van der Waals surface area contributed by atoms with Crippen molar-refractivity contribution in [3.05, 3.63) is 29.3 Å². The lowest BCUT2D eigenvalue weighted by Crippen LogP contribution is -2.43. The molecule has 2 atom stereocenters. The van der Waals surface area contributed by atoms with E-state index in [2.05, 4.69) is 5.32 Å². The Balaban J connectivity index is 2.01. The maximum atomic E-state index is 12.4. The van der Waals surface area contributed by atoms with Crippen molar-refractivity contribution in [3.8, 4) is 0 Å². The van der Waals surface area contributed by atoms with E-state index in [1.165, 1.54) is 4.90 Å². The van der Waals surface area contributed by atoms with E-state index in [1.54, 1.807) is 24.3 Å². The number of carbonyl (C=O) groups is 2. The molecule has 0 bridgehead atoms. The highest BCUT2D eigenvalue weighted by Gasteiger charge is 2.39. The van der Waals surface area contributed by atoms with Gasteiger partial charge in [0.15, 0.2) is 0 Å². The Morgan fingerprint density at radius 1 is 1.39 bits per heavy atom. The van der Waals surface area contributed by atoms with Crippen molar-refractivity contribution in [3.63, 3.8) is 0 Å². The van der Waals surface area contributed by atoms with Crippen molar-refractivity contribution in [2.45, 2.75) is 32.4 Å². The predicted molar refractivity (Wildman–Crippen MR) is 87.4 cm³/mol. The fraction of sp³-hybridized carbons (Fsp3) is 0.500. The standard InChI is InChI=1S/C16H21ClN2O4/c1-10(2)9-23-16(22)19-8-13(20)7-14(19)15(21)18-12-5-3-11(17)4-6-12/h3-6,10,13-14,20H,7-9H2,1-2H3,(H,18,21)/t13-,14-/m1/s1. The van der Waals surface area contributed by atoms with Crippen LogP contribution in [0, 0.1) is 5.92 Å². The predicted octanol–water partition coefficient (Wildman–Crippen LogP) is 2.51. The number of β-amino-alcohol motifs (C(OH)–C–C–N with tert-alkyl or cyclic N) is 1. The van der Waals surface area contributed by atoms with E-state index < -0.39 is 18.2 Å². The number of carbonyl (C=O) groups excluding carboxylic acids is 2. The molecular formula is C16H21ClN2O4. The Hall–Kier alpha value is -1.79. The number of likely N-dealkylation sites (tertiary alicyclic amines) is 1. The molecule has 0 spiro atoms. The molecule has 1 saturated heterocycles. The van der Waals surface area contributed by atoms with E-state index in [9.17, 15) is 14.7 Å². The molecule has 1 fully saturated rings. The van der Waals surface area contributed by atoms with Gasteiger partial charge in [0.2, 0.25) is 5.91 Å². The van der Waals surface area contributed by atoms with Gasteiger partial charge in [-0.05, 0) is 30.2 Å². The van der Waals surface area contributed by atoms with Gasteiger partial charge in [-0.25, -0.2) is 4.79 Å². The second-order valence-electron chi connectivity index (χ2n) is 6.02. The smallest absolute Gasteiger partial charge is 0.410 e. The summed E-state index contributed by atoms with van der Waals surface area (Å²) in [4.78, 5) is 25.8. The number of nitrogens with one attached hydrogen (secondary N) is 1. The maximum absolute atomic E-state index is 12.4. The molecule has 0 unspecified atom stereocenters. The van der Waals surface area contributed by atoms with Crippen molar-refractivity contribution in [2.24, 2.45) is 5.92 Å². The molecule has 1 aliphatic rings. The largest absolute Gasteiger partial charge is 0.449 e. The van der Waals surface area contributed by atoms with Crippen LogP contribution in [-0.2, 0) is 9.53 Å². The average molecular weight is 341 g/mol. The van der Waals surface area contributed by atoms with Gasteiger partial charge < -0.3 is 15.2 Å². The highest BCUT2D eigenvalue weighted by Crippen LogP contribution is 2.21. The minimum absolute atomic E-state index is 0.0929. The first-order valence-electron chi connectivity index (χ1n) is 7.54. The summed E-state index contributed by atoms with van der Waals surface area (Å²) in [5.41, 5.74) is 0.580. The molecule has 1 heterocycles. The lowest BCUT2D eigenvalue weighted by Gasteiger charge is -2.23. The lowest BCUT2D eigenvalue weighted by atomic mass is 10.2. The van der Waals surface area contributed by atoms with E-state index in [0.29, 0.717) is 10.7 Å². The summed E-state index contributed by atoms with van der Waals surface area (Å²) in [5, 5.41) is 13.1. The third-order valence-corrected chi connectivity index (χ3v) is 3.72. The summed E-state index contributed by atoms with van der Waals surface area (Å²) in [7, 11) is 0. The van der Waals surface area contributed by atoms with Crippen molar-refractivity contribution in [1.29, 1.82) is 0 Å². The first-order valence-corrected chi connectivity index (χ1v) is 7.92. The Morgan fingerprint density at radius 3 is 2.65 bits per heavy atom. The zero-order chi connectivity index (χ0) is 17.0. The summed E-state index contributed by atoms with van der Waals surface area (Å²) in [5.74, 6) is -0.154. The minimum atomic E-state index is -0.750. The third-order valence-electron chi connectivity index (χ3n) is 3.47. The van der Waals surface area contributed by atoms with Crippen LogP contribution in [0.25, 0.3) is 0 Å². The Bertz CT molecular complexity index is 562. The molecule has 126 valence electrons. The number of halogens is 1. The van der Waals surface area contributed by atoms with Gasteiger partial charge in [0.05, 0.1) is 19.3 Å². The quantitative estimate of drug-likeness (QED) is 0.882. The fourth-order valence-electron chi connectivity index (χ4n) is 2.34. The van der Waals surface area contributed by atoms with Crippen LogP contribution < -0.4 is 5.32 Å². The van der Waals surface area contributed by atoms with Gasteiger partial charge in [-0.3, -0.25) is 9.69 Å². The molecule has 0 aliphatic carbocycles. The number of ether oxygens (including phenoxy) is 1. The van der Waals surface area contributed by atoms with Gasteiger partial charge in [0.25, 0.3) is 0 Å². The van der Waals surface area contributed by atoms with E-state index in [-0.39, 0.29) is 31.4 Å². The van der Waals surface area contributed by atoms with Crippen LogP contribution in [0.4, 0.5) is 10.5 Å². The van der Waals surface area contributed by atoms with Crippen LogP contribution in [0.15, 0.2) is 24.3 Å². The van der Waals surface area contributed by atoms with Crippen molar-refractivity contribution >= 4 is 29.3 Å². The molecule has 7 heteroatoms. The van der Waals surface area contributed by atoms with Gasteiger partial charge in [0, 0.05) is 17.1 Å². The van der Waals surface area contributed by atoms with Crippen LogP contribution >= 0.6 is 11.6 Å². The number of anilines is 1. The first-order chi connectivity index (χ1) is 10.9. The molecule has 23 heavy (non-hydrogen) atoms. The molecule has 2 amide bonds. The van der Waals surface area contributed by atoms with Crippen molar-refractivity contribution in [2.75, 3.05) is 18.5 Å². The van der Waals surface area contributed by atoms with E-state index in [4.69, 9.17) is 16.3 Å². The second kappa shape index (κ2) is 7.66. The summed E-state index contributed by atoms with van der Waals surface area (Å²) in [6.07, 6.45) is -1.12. The van der Waals surface area contributed by atoms with E-state index >= 15 is 0 Å². The van der Waals surface area contributed by atoms with Gasteiger partial charge in [-0.15, -0.1) is 0 Å². The zero-order valence-corrected chi connectivity index (χ0v) is 13.9.